The zero-order chi connectivity index (χ0) is 23.6. The number of benzene rings is 1. The number of carbonyl (C=O) groups excluding carboxylic acids is 3. The van der Waals surface area contributed by atoms with Gasteiger partial charge in [0.15, 0.2) is 0 Å². The van der Waals surface area contributed by atoms with Crippen LogP contribution in [0.15, 0.2) is 30.3 Å². The number of piperazine rings is 1. The maximum Gasteiger partial charge on any atom is 0.325 e. The van der Waals surface area contributed by atoms with E-state index < -0.39 is 11.6 Å². The molecule has 4 rings (SSSR count). The molecule has 2 saturated heterocycles. The molecule has 4 amide bonds. The van der Waals surface area contributed by atoms with Crippen LogP contribution < -0.4 is 5.32 Å². The van der Waals surface area contributed by atoms with Crippen LogP contribution in [0.4, 0.5) is 4.79 Å². The molecule has 1 N–H and O–H groups in total. The highest BCUT2D eigenvalue weighted by molar-refractivity contribution is 6.09. The lowest BCUT2D eigenvalue weighted by atomic mass is 9.67. The number of rotatable bonds is 5. The van der Waals surface area contributed by atoms with Crippen molar-refractivity contribution in [3.63, 3.8) is 0 Å². The number of urea groups is 1. The minimum absolute atomic E-state index is 0.137. The second-order valence-corrected chi connectivity index (χ2v) is 11.0. The fourth-order valence-corrected chi connectivity index (χ4v) is 5.52. The summed E-state index contributed by atoms with van der Waals surface area (Å²) in [5.74, 6) is 0.193. The molecule has 3 aliphatic rings. The number of carbonyl (C=O) groups is 3. The molecule has 1 aromatic carbocycles. The molecule has 1 spiro atoms. The van der Waals surface area contributed by atoms with Gasteiger partial charge in [0.1, 0.15) is 12.1 Å². The van der Waals surface area contributed by atoms with Gasteiger partial charge in [0.2, 0.25) is 5.91 Å². The van der Waals surface area contributed by atoms with Gasteiger partial charge >= 0.3 is 6.03 Å². The Balaban J connectivity index is 1.26. The van der Waals surface area contributed by atoms with Gasteiger partial charge in [-0.15, -0.1) is 0 Å². The maximum atomic E-state index is 13.2. The van der Waals surface area contributed by atoms with Gasteiger partial charge < -0.3 is 10.2 Å². The quantitative estimate of drug-likeness (QED) is 0.695. The van der Waals surface area contributed by atoms with E-state index in [1.54, 1.807) is 4.90 Å². The van der Waals surface area contributed by atoms with E-state index in [9.17, 15) is 14.4 Å². The Morgan fingerprint density at radius 2 is 1.67 bits per heavy atom. The Hall–Kier alpha value is -2.41. The van der Waals surface area contributed by atoms with Crippen molar-refractivity contribution >= 4 is 17.8 Å². The number of imide groups is 1. The third kappa shape index (κ3) is 5.24. The van der Waals surface area contributed by atoms with E-state index in [2.05, 4.69) is 55.3 Å². The van der Waals surface area contributed by atoms with E-state index in [-0.39, 0.29) is 23.8 Å². The van der Waals surface area contributed by atoms with Crippen LogP contribution in [0.3, 0.4) is 0 Å². The van der Waals surface area contributed by atoms with Crippen LogP contribution in [0, 0.1) is 11.3 Å². The highest BCUT2D eigenvalue weighted by Crippen LogP contribution is 2.43. The van der Waals surface area contributed by atoms with Gasteiger partial charge in [-0.3, -0.25) is 19.4 Å². The molecular formula is C26H38N4O3. The summed E-state index contributed by atoms with van der Waals surface area (Å²) < 4.78 is 0. The zero-order valence-corrected chi connectivity index (χ0v) is 20.3. The van der Waals surface area contributed by atoms with Gasteiger partial charge in [-0.1, -0.05) is 51.1 Å². The second-order valence-electron chi connectivity index (χ2n) is 11.0. The van der Waals surface area contributed by atoms with Crippen molar-refractivity contribution in [3.05, 3.63) is 35.9 Å². The lowest BCUT2D eigenvalue weighted by molar-refractivity contribution is -0.140. The average Bonchev–Trinajstić information content (AvgIpc) is 3.02. The molecule has 7 heteroatoms. The summed E-state index contributed by atoms with van der Waals surface area (Å²) >= 11 is 0. The first-order valence-electron chi connectivity index (χ1n) is 12.4. The molecule has 180 valence electrons. The summed E-state index contributed by atoms with van der Waals surface area (Å²) in [5.41, 5.74) is 0.710. The van der Waals surface area contributed by atoms with Crippen LogP contribution in [0.25, 0.3) is 0 Å². The van der Waals surface area contributed by atoms with E-state index >= 15 is 0 Å². The van der Waals surface area contributed by atoms with Crippen LogP contribution in [0.2, 0.25) is 0 Å². The predicted molar refractivity (Wildman–Crippen MR) is 128 cm³/mol. The summed E-state index contributed by atoms with van der Waals surface area (Å²) in [7, 11) is 0. The van der Waals surface area contributed by atoms with Gasteiger partial charge in [-0.05, 0) is 49.0 Å². The Bertz CT molecular complexity index is 863. The molecule has 7 nitrogen and oxygen atoms in total. The fraction of sp³-hybridized carbons (Fsp3) is 0.654. The monoisotopic (exact) mass is 454 g/mol. The summed E-state index contributed by atoms with van der Waals surface area (Å²) in [5, 5.41) is 2.95. The van der Waals surface area contributed by atoms with E-state index in [1.165, 1.54) is 5.56 Å². The van der Waals surface area contributed by atoms with Crippen LogP contribution in [0.5, 0.6) is 0 Å². The topological polar surface area (TPSA) is 73.0 Å². The molecule has 3 fully saturated rings. The van der Waals surface area contributed by atoms with Gasteiger partial charge in [0.05, 0.1) is 0 Å². The van der Waals surface area contributed by atoms with Crippen molar-refractivity contribution in [1.82, 2.24) is 20.0 Å². The molecule has 2 heterocycles. The average molecular weight is 455 g/mol. The summed E-state index contributed by atoms with van der Waals surface area (Å²) in [6.45, 7) is 10.4. The van der Waals surface area contributed by atoms with E-state index in [0.29, 0.717) is 31.8 Å². The van der Waals surface area contributed by atoms with Crippen LogP contribution in [0.1, 0.15) is 52.0 Å². The lowest BCUT2D eigenvalue weighted by Crippen LogP contribution is -2.53. The molecule has 0 unspecified atom stereocenters. The number of hydrogen-bond acceptors (Lipinski definition) is 4. The normalized spacial score (nSPS) is 26.7. The van der Waals surface area contributed by atoms with Crippen molar-refractivity contribution in [1.29, 1.82) is 0 Å². The van der Waals surface area contributed by atoms with Crippen molar-refractivity contribution in [3.8, 4) is 0 Å². The van der Waals surface area contributed by atoms with Crippen molar-refractivity contribution in [2.24, 2.45) is 11.3 Å². The molecular weight excluding hydrogens is 416 g/mol. The molecule has 0 radical (unpaired) electrons. The number of nitrogens with zero attached hydrogens (tertiary/aromatic N) is 3. The molecule has 1 aromatic rings. The first kappa shape index (κ1) is 23.7. The zero-order valence-electron chi connectivity index (χ0n) is 20.3. The third-order valence-electron chi connectivity index (χ3n) is 7.89. The SMILES string of the molecule is CC(C)(C)C1CCC2(CC1)NC(=O)N(CC(=O)N1CCN(CCc3ccccc3)CC1)C2=O. The van der Waals surface area contributed by atoms with Gasteiger partial charge in [-0.25, -0.2) is 4.79 Å². The van der Waals surface area contributed by atoms with Crippen LogP contribution in [-0.2, 0) is 16.0 Å². The smallest absolute Gasteiger partial charge is 0.325 e. The maximum absolute atomic E-state index is 13.2. The Kier molecular flexibility index (Phi) is 6.80. The molecule has 0 aromatic heterocycles. The largest absolute Gasteiger partial charge is 0.339 e. The second kappa shape index (κ2) is 9.45. The number of nitrogens with one attached hydrogen (secondary N) is 1. The molecule has 2 aliphatic heterocycles. The Morgan fingerprint density at radius 3 is 2.27 bits per heavy atom. The Morgan fingerprint density at radius 1 is 1.03 bits per heavy atom. The molecule has 0 atom stereocenters. The summed E-state index contributed by atoms with van der Waals surface area (Å²) in [4.78, 5) is 44.1. The molecule has 1 saturated carbocycles. The van der Waals surface area contributed by atoms with Crippen molar-refractivity contribution in [2.75, 3.05) is 39.3 Å². The predicted octanol–water partition coefficient (Wildman–Crippen LogP) is 2.90. The molecule has 1 aliphatic carbocycles. The Labute approximate surface area is 197 Å². The third-order valence-corrected chi connectivity index (χ3v) is 7.89. The van der Waals surface area contributed by atoms with E-state index in [0.717, 1.165) is 43.8 Å². The van der Waals surface area contributed by atoms with Crippen molar-refractivity contribution in [2.45, 2.75) is 58.4 Å². The minimum atomic E-state index is -0.810. The highest BCUT2D eigenvalue weighted by atomic mass is 16.2. The van der Waals surface area contributed by atoms with Crippen molar-refractivity contribution < 1.29 is 14.4 Å². The van der Waals surface area contributed by atoms with Crippen LogP contribution in [-0.4, -0.2) is 77.4 Å². The molecule has 33 heavy (non-hydrogen) atoms. The summed E-state index contributed by atoms with van der Waals surface area (Å²) in [6.07, 6.45) is 4.15. The van der Waals surface area contributed by atoms with E-state index in [4.69, 9.17) is 0 Å². The molecule has 0 bridgehead atoms. The number of hydrogen-bond donors (Lipinski definition) is 1. The first-order chi connectivity index (χ1) is 15.7. The van der Waals surface area contributed by atoms with E-state index in [1.807, 2.05) is 6.07 Å². The van der Waals surface area contributed by atoms with Gasteiger partial charge in [0.25, 0.3) is 5.91 Å². The lowest BCUT2D eigenvalue weighted by Gasteiger charge is -2.40. The van der Waals surface area contributed by atoms with Crippen LogP contribution >= 0.6 is 0 Å². The minimum Gasteiger partial charge on any atom is -0.339 e. The number of amides is 4. The summed E-state index contributed by atoms with van der Waals surface area (Å²) in [6, 6.07) is 10.0. The highest BCUT2D eigenvalue weighted by Gasteiger charge is 2.53. The van der Waals surface area contributed by atoms with Gasteiger partial charge in [0, 0.05) is 32.7 Å². The standard InChI is InChI=1S/C26H38N4O3/c1-25(2,3)21-9-12-26(13-10-21)23(32)30(24(33)27-26)19-22(31)29-17-15-28(16-18-29)14-11-20-7-5-4-6-8-20/h4-8,21H,9-19H2,1-3H3,(H,27,33). The fourth-order valence-electron chi connectivity index (χ4n) is 5.52. The van der Waals surface area contributed by atoms with Gasteiger partial charge in [-0.2, -0.15) is 0 Å². The first-order valence-corrected chi connectivity index (χ1v) is 12.4.